The van der Waals surface area contributed by atoms with Crippen LogP contribution >= 0.6 is 11.6 Å². The average Bonchev–Trinajstić information content (AvgIpc) is 3.32. The first-order valence-electron chi connectivity index (χ1n) is 12.5. The molecule has 0 fully saturated rings. The molecule has 0 amide bonds. The van der Waals surface area contributed by atoms with Gasteiger partial charge in [0.2, 0.25) is 5.28 Å². The third-order valence-corrected chi connectivity index (χ3v) is 7.16. The van der Waals surface area contributed by atoms with Crippen LogP contribution in [0, 0.1) is 0 Å². The number of benzene rings is 5. The first-order valence-corrected chi connectivity index (χ1v) is 12.9. The molecule has 180 valence electrons. The molecule has 0 spiro atoms. The fraction of sp³-hybridized carbons (Fsp3) is 0. The standard InChI is InChI=1S/C34H22ClN3/c35-34-36-30(22-31(37-34)27-13-5-4-12-26(27)23-10-2-1-3-11-23)24-18-20-25(21-19-24)38-32-16-8-6-14-28(32)29-15-7-9-17-33(29)38/h1-22H. The summed E-state index contributed by atoms with van der Waals surface area (Å²) in [6.07, 6.45) is 0. The minimum absolute atomic E-state index is 0.229. The van der Waals surface area contributed by atoms with Gasteiger partial charge in [-0.15, -0.1) is 0 Å². The van der Waals surface area contributed by atoms with E-state index in [0.29, 0.717) is 0 Å². The Bertz CT molecular complexity index is 1870. The van der Waals surface area contributed by atoms with Gasteiger partial charge < -0.3 is 4.57 Å². The van der Waals surface area contributed by atoms with E-state index in [2.05, 4.69) is 112 Å². The summed E-state index contributed by atoms with van der Waals surface area (Å²) in [5, 5.41) is 2.72. The van der Waals surface area contributed by atoms with E-state index >= 15 is 0 Å². The van der Waals surface area contributed by atoms with E-state index in [1.165, 1.54) is 21.8 Å². The third kappa shape index (κ3) is 3.85. The fourth-order valence-corrected chi connectivity index (χ4v) is 5.44. The molecule has 0 radical (unpaired) electrons. The molecule has 0 aliphatic carbocycles. The molecular weight excluding hydrogens is 486 g/mol. The van der Waals surface area contributed by atoms with Gasteiger partial charge in [-0.2, -0.15) is 0 Å². The van der Waals surface area contributed by atoms with Crippen molar-refractivity contribution in [2.45, 2.75) is 0 Å². The zero-order valence-corrected chi connectivity index (χ0v) is 21.2. The Hall–Kier alpha value is -4.73. The first-order chi connectivity index (χ1) is 18.8. The summed E-state index contributed by atoms with van der Waals surface area (Å²) >= 11 is 6.47. The van der Waals surface area contributed by atoms with Crippen LogP contribution in [0.25, 0.3) is 61.1 Å². The molecule has 0 atom stereocenters. The first kappa shape index (κ1) is 22.5. The summed E-state index contributed by atoms with van der Waals surface area (Å²) in [5.41, 5.74) is 9.30. The summed E-state index contributed by atoms with van der Waals surface area (Å²) < 4.78 is 2.31. The Morgan fingerprint density at radius 3 is 1.71 bits per heavy atom. The zero-order chi connectivity index (χ0) is 25.5. The summed E-state index contributed by atoms with van der Waals surface area (Å²) in [4.78, 5) is 9.16. The summed E-state index contributed by atoms with van der Waals surface area (Å²) in [7, 11) is 0. The number of nitrogens with zero attached hydrogens (tertiary/aromatic N) is 3. The van der Waals surface area contributed by atoms with Gasteiger partial charge in [0.25, 0.3) is 0 Å². The van der Waals surface area contributed by atoms with Crippen molar-refractivity contribution in [2.75, 3.05) is 0 Å². The highest BCUT2D eigenvalue weighted by molar-refractivity contribution is 6.28. The van der Waals surface area contributed by atoms with Crippen LogP contribution in [0.2, 0.25) is 5.28 Å². The molecule has 2 aromatic heterocycles. The molecule has 0 aliphatic rings. The lowest BCUT2D eigenvalue weighted by atomic mass is 9.97. The molecule has 0 saturated heterocycles. The van der Waals surface area contributed by atoms with E-state index in [1.54, 1.807) is 0 Å². The van der Waals surface area contributed by atoms with Crippen LogP contribution in [0.5, 0.6) is 0 Å². The highest BCUT2D eigenvalue weighted by Gasteiger charge is 2.14. The van der Waals surface area contributed by atoms with Crippen molar-refractivity contribution in [2.24, 2.45) is 0 Å². The maximum atomic E-state index is 6.47. The van der Waals surface area contributed by atoms with Gasteiger partial charge >= 0.3 is 0 Å². The molecule has 0 aliphatic heterocycles. The molecule has 5 aromatic carbocycles. The SMILES string of the molecule is Clc1nc(-c2ccc(-n3c4ccccc4c4ccccc43)cc2)cc(-c2ccccc2-c2ccccc2)n1. The maximum Gasteiger partial charge on any atom is 0.223 e. The highest BCUT2D eigenvalue weighted by Crippen LogP contribution is 2.35. The Labute approximate surface area is 225 Å². The van der Waals surface area contributed by atoms with Crippen LogP contribution in [-0.4, -0.2) is 14.5 Å². The molecule has 0 N–H and O–H groups in total. The second kappa shape index (κ2) is 9.29. The van der Waals surface area contributed by atoms with Crippen molar-refractivity contribution >= 4 is 33.4 Å². The Morgan fingerprint density at radius 2 is 1.03 bits per heavy atom. The summed E-state index contributed by atoms with van der Waals surface area (Å²) in [5.74, 6) is 0. The van der Waals surface area contributed by atoms with Crippen LogP contribution in [0.3, 0.4) is 0 Å². The highest BCUT2D eigenvalue weighted by atomic mass is 35.5. The lowest BCUT2D eigenvalue weighted by molar-refractivity contribution is 1.16. The van der Waals surface area contributed by atoms with Crippen molar-refractivity contribution in [3.63, 3.8) is 0 Å². The third-order valence-electron chi connectivity index (χ3n) is 6.99. The Morgan fingerprint density at radius 1 is 0.474 bits per heavy atom. The molecule has 4 heteroatoms. The summed E-state index contributed by atoms with van der Waals surface area (Å²) in [6, 6.07) is 46.2. The molecule has 0 saturated carbocycles. The van der Waals surface area contributed by atoms with Gasteiger partial charge in [0.1, 0.15) is 0 Å². The van der Waals surface area contributed by atoms with E-state index in [1.807, 2.05) is 36.4 Å². The van der Waals surface area contributed by atoms with Gasteiger partial charge in [-0.3, -0.25) is 0 Å². The maximum absolute atomic E-state index is 6.47. The summed E-state index contributed by atoms with van der Waals surface area (Å²) in [6.45, 7) is 0. The average molecular weight is 508 g/mol. The molecular formula is C34H22ClN3. The van der Waals surface area contributed by atoms with E-state index in [4.69, 9.17) is 11.6 Å². The number of fused-ring (bicyclic) bond motifs is 3. The van der Waals surface area contributed by atoms with E-state index in [0.717, 1.165) is 39.3 Å². The number of rotatable bonds is 4. The quantitative estimate of drug-likeness (QED) is 0.222. The van der Waals surface area contributed by atoms with Crippen LogP contribution in [0.1, 0.15) is 0 Å². The molecule has 38 heavy (non-hydrogen) atoms. The fourth-order valence-electron chi connectivity index (χ4n) is 5.26. The Balaban J connectivity index is 1.32. The van der Waals surface area contributed by atoms with Crippen LogP contribution in [-0.2, 0) is 0 Å². The van der Waals surface area contributed by atoms with Crippen molar-refractivity contribution in [1.29, 1.82) is 0 Å². The number of hydrogen-bond donors (Lipinski definition) is 0. The molecule has 0 unspecified atom stereocenters. The predicted molar refractivity (Wildman–Crippen MR) is 158 cm³/mol. The largest absolute Gasteiger partial charge is 0.309 e. The second-order valence-corrected chi connectivity index (χ2v) is 9.57. The van der Waals surface area contributed by atoms with Crippen LogP contribution in [0.15, 0.2) is 133 Å². The molecule has 3 nitrogen and oxygen atoms in total. The molecule has 7 rings (SSSR count). The number of hydrogen-bond acceptors (Lipinski definition) is 2. The van der Waals surface area contributed by atoms with Crippen LogP contribution in [0.4, 0.5) is 0 Å². The Kier molecular flexibility index (Phi) is 5.49. The molecule has 7 aromatic rings. The predicted octanol–water partition coefficient (Wildman–Crippen LogP) is 9.23. The minimum atomic E-state index is 0.229. The van der Waals surface area contributed by atoms with E-state index in [9.17, 15) is 0 Å². The number of para-hydroxylation sites is 2. The smallest absolute Gasteiger partial charge is 0.223 e. The van der Waals surface area contributed by atoms with Gasteiger partial charge in [-0.25, -0.2) is 9.97 Å². The topological polar surface area (TPSA) is 30.7 Å². The van der Waals surface area contributed by atoms with E-state index in [-0.39, 0.29) is 5.28 Å². The second-order valence-electron chi connectivity index (χ2n) is 9.24. The molecule has 0 bridgehead atoms. The number of halogens is 1. The lowest BCUT2D eigenvalue weighted by Crippen LogP contribution is -1.95. The zero-order valence-electron chi connectivity index (χ0n) is 20.4. The van der Waals surface area contributed by atoms with Gasteiger partial charge in [-0.05, 0) is 53.1 Å². The van der Waals surface area contributed by atoms with Gasteiger partial charge in [0, 0.05) is 27.6 Å². The van der Waals surface area contributed by atoms with Crippen molar-refractivity contribution in [3.05, 3.63) is 139 Å². The minimum Gasteiger partial charge on any atom is -0.309 e. The van der Waals surface area contributed by atoms with Crippen molar-refractivity contribution in [3.8, 4) is 39.3 Å². The van der Waals surface area contributed by atoms with Gasteiger partial charge in [0.15, 0.2) is 0 Å². The monoisotopic (exact) mass is 507 g/mol. The van der Waals surface area contributed by atoms with Crippen LogP contribution < -0.4 is 0 Å². The van der Waals surface area contributed by atoms with Crippen molar-refractivity contribution < 1.29 is 0 Å². The lowest BCUT2D eigenvalue weighted by Gasteiger charge is -2.12. The van der Waals surface area contributed by atoms with Gasteiger partial charge in [0.05, 0.1) is 22.4 Å². The number of aromatic nitrogens is 3. The van der Waals surface area contributed by atoms with E-state index < -0.39 is 0 Å². The molecule has 2 heterocycles. The normalized spacial score (nSPS) is 11.3. The van der Waals surface area contributed by atoms with Crippen molar-refractivity contribution in [1.82, 2.24) is 14.5 Å². The van der Waals surface area contributed by atoms with Gasteiger partial charge in [-0.1, -0.05) is 103 Å².